The molecule has 0 fully saturated rings. The maximum Gasteiger partial charge on any atom is 0.198 e. The Hall–Kier alpha value is -0.330. The normalized spacial score (nSPS) is 12.8. The van der Waals surface area contributed by atoms with Crippen molar-refractivity contribution >= 4 is 6.29 Å². The Labute approximate surface area is 82.9 Å². The lowest BCUT2D eigenvalue weighted by atomic mass is 9.98. The average molecular weight is 183 g/mol. The first-order chi connectivity index (χ1) is 6.31. The topological polar surface area (TPSA) is 17.1 Å². The van der Waals surface area contributed by atoms with Crippen molar-refractivity contribution < 1.29 is 4.79 Å². The third-order valence-electron chi connectivity index (χ3n) is 2.51. The third-order valence-corrected chi connectivity index (χ3v) is 2.51. The van der Waals surface area contributed by atoms with Crippen LogP contribution >= 0.6 is 0 Å². The second kappa shape index (κ2) is 9.76. The standard InChI is InChI=1S/C12H23O/c1-3-9-12(2)10-7-5-4-6-8-11-13/h12H,3-10H2,1-2H3. The fraction of sp³-hybridized carbons (Fsp3) is 0.917. The van der Waals surface area contributed by atoms with E-state index in [1.165, 1.54) is 38.5 Å². The minimum Gasteiger partial charge on any atom is -0.291 e. The average Bonchev–Trinajstić information content (AvgIpc) is 2.11. The number of carbonyl (C=O) groups excluding carboxylic acids is 1. The molecule has 1 atom stereocenters. The van der Waals surface area contributed by atoms with E-state index >= 15 is 0 Å². The van der Waals surface area contributed by atoms with E-state index in [9.17, 15) is 4.79 Å². The molecule has 0 spiro atoms. The van der Waals surface area contributed by atoms with Gasteiger partial charge >= 0.3 is 0 Å². The van der Waals surface area contributed by atoms with Gasteiger partial charge in [0.05, 0.1) is 0 Å². The second-order valence-electron chi connectivity index (χ2n) is 3.99. The summed E-state index contributed by atoms with van der Waals surface area (Å²) in [7, 11) is 0. The predicted molar refractivity (Wildman–Crippen MR) is 57.5 cm³/mol. The molecule has 0 rings (SSSR count). The Bertz CT molecular complexity index is 110. The molecule has 0 aliphatic rings. The Balaban J connectivity index is 3.01. The molecule has 0 aromatic rings. The van der Waals surface area contributed by atoms with E-state index in [1.54, 1.807) is 0 Å². The molecule has 0 amide bonds. The smallest absolute Gasteiger partial charge is 0.198 e. The van der Waals surface area contributed by atoms with Crippen molar-refractivity contribution in [1.82, 2.24) is 0 Å². The Morgan fingerprint density at radius 2 is 1.77 bits per heavy atom. The van der Waals surface area contributed by atoms with Gasteiger partial charge in [-0.1, -0.05) is 52.4 Å². The number of hydrogen-bond donors (Lipinski definition) is 0. The van der Waals surface area contributed by atoms with E-state index in [0.717, 1.165) is 12.3 Å². The molecule has 0 saturated carbocycles. The largest absolute Gasteiger partial charge is 0.291 e. The minimum atomic E-state index is 0.629. The monoisotopic (exact) mass is 183 g/mol. The summed E-state index contributed by atoms with van der Waals surface area (Å²) >= 11 is 0. The van der Waals surface area contributed by atoms with Crippen molar-refractivity contribution in [3.8, 4) is 0 Å². The van der Waals surface area contributed by atoms with E-state index in [1.807, 2.05) is 6.29 Å². The lowest BCUT2D eigenvalue weighted by Gasteiger charge is -2.08. The summed E-state index contributed by atoms with van der Waals surface area (Å²) in [6.07, 6.45) is 11.5. The molecule has 0 aromatic carbocycles. The quantitative estimate of drug-likeness (QED) is 0.496. The van der Waals surface area contributed by atoms with Gasteiger partial charge in [-0.25, -0.2) is 0 Å². The van der Waals surface area contributed by atoms with Crippen molar-refractivity contribution in [2.24, 2.45) is 5.92 Å². The first kappa shape index (κ1) is 12.7. The summed E-state index contributed by atoms with van der Waals surface area (Å²) in [5.41, 5.74) is 0. The lowest BCUT2D eigenvalue weighted by molar-refractivity contribution is 0.453. The van der Waals surface area contributed by atoms with E-state index in [2.05, 4.69) is 13.8 Å². The molecular weight excluding hydrogens is 160 g/mol. The number of hydrogen-bond acceptors (Lipinski definition) is 1. The lowest BCUT2D eigenvalue weighted by Crippen LogP contribution is -1.93. The van der Waals surface area contributed by atoms with Crippen LogP contribution in [0.25, 0.3) is 0 Å². The van der Waals surface area contributed by atoms with Crippen LogP contribution in [0.4, 0.5) is 0 Å². The first-order valence-electron chi connectivity index (χ1n) is 5.66. The van der Waals surface area contributed by atoms with Crippen molar-refractivity contribution in [2.45, 2.75) is 65.2 Å². The first-order valence-corrected chi connectivity index (χ1v) is 5.66. The van der Waals surface area contributed by atoms with Crippen LogP contribution < -0.4 is 0 Å². The summed E-state index contributed by atoms with van der Waals surface area (Å²) in [6.45, 7) is 4.58. The highest BCUT2D eigenvalue weighted by molar-refractivity contribution is 5.50. The summed E-state index contributed by atoms with van der Waals surface area (Å²) in [6, 6.07) is 0. The van der Waals surface area contributed by atoms with Gasteiger partial charge in [0, 0.05) is 6.42 Å². The molecule has 0 aromatic heterocycles. The zero-order valence-electron chi connectivity index (χ0n) is 9.14. The molecule has 0 aliphatic carbocycles. The summed E-state index contributed by atoms with van der Waals surface area (Å²) < 4.78 is 0. The van der Waals surface area contributed by atoms with Crippen LogP contribution in [0.2, 0.25) is 0 Å². The SMILES string of the molecule is CCCC(C)CCCCCC[C]=O. The van der Waals surface area contributed by atoms with Crippen LogP contribution in [-0.2, 0) is 4.79 Å². The maximum absolute atomic E-state index is 9.91. The molecule has 0 saturated heterocycles. The van der Waals surface area contributed by atoms with Crippen molar-refractivity contribution in [1.29, 1.82) is 0 Å². The van der Waals surface area contributed by atoms with Gasteiger partial charge in [-0.2, -0.15) is 0 Å². The fourth-order valence-electron chi connectivity index (χ4n) is 1.68. The highest BCUT2D eigenvalue weighted by atomic mass is 16.1. The highest BCUT2D eigenvalue weighted by Crippen LogP contribution is 2.15. The van der Waals surface area contributed by atoms with Gasteiger partial charge in [0.2, 0.25) is 0 Å². The molecule has 0 bridgehead atoms. The molecule has 1 radical (unpaired) electrons. The van der Waals surface area contributed by atoms with Crippen LogP contribution in [0.3, 0.4) is 0 Å². The van der Waals surface area contributed by atoms with Crippen molar-refractivity contribution in [3.05, 3.63) is 0 Å². The van der Waals surface area contributed by atoms with E-state index < -0.39 is 0 Å². The van der Waals surface area contributed by atoms with Gasteiger partial charge in [-0.15, -0.1) is 0 Å². The molecule has 1 unspecified atom stereocenters. The van der Waals surface area contributed by atoms with E-state index in [-0.39, 0.29) is 0 Å². The van der Waals surface area contributed by atoms with Gasteiger partial charge < -0.3 is 0 Å². The van der Waals surface area contributed by atoms with Crippen molar-refractivity contribution in [2.75, 3.05) is 0 Å². The second-order valence-corrected chi connectivity index (χ2v) is 3.99. The Morgan fingerprint density at radius 1 is 1.08 bits per heavy atom. The van der Waals surface area contributed by atoms with Gasteiger partial charge in [0.1, 0.15) is 0 Å². The van der Waals surface area contributed by atoms with Crippen LogP contribution in [0, 0.1) is 5.92 Å². The molecular formula is C12H23O. The van der Waals surface area contributed by atoms with Gasteiger partial charge in [-0.3, -0.25) is 4.79 Å². The minimum absolute atomic E-state index is 0.629. The number of rotatable bonds is 9. The summed E-state index contributed by atoms with van der Waals surface area (Å²) in [5.74, 6) is 0.891. The zero-order valence-corrected chi connectivity index (χ0v) is 9.14. The number of unbranched alkanes of at least 4 members (excludes halogenated alkanes) is 4. The summed E-state index contributed by atoms with van der Waals surface area (Å²) in [4.78, 5) is 9.91. The fourth-order valence-corrected chi connectivity index (χ4v) is 1.68. The molecule has 0 aliphatic heterocycles. The summed E-state index contributed by atoms with van der Waals surface area (Å²) in [5, 5.41) is 0. The third kappa shape index (κ3) is 9.59. The van der Waals surface area contributed by atoms with Crippen LogP contribution in [0.5, 0.6) is 0 Å². The molecule has 0 heterocycles. The van der Waals surface area contributed by atoms with Crippen LogP contribution in [0.1, 0.15) is 65.2 Å². The Morgan fingerprint density at radius 3 is 2.38 bits per heavy atom. The maximum atomic E-state index is 9.91. The van der Waals surface area contributed by atoms with Crippen molar-refractivity contribution in [3.63, 3.8) is 0 Å². The molecule has 1 nitrogen and oxygen atoms in total. The zero-order chi connectivity index (χ0) is 9.94. The Kier molecular flexibility index (Phi) is 9.51. The predicted octanol–water partition coefficient (Wildman–Crippen LogP) is 3.87. The molecule has 1 heteroatoms. The van der Waals surface area contributed by atoms with Gasteiger partial charge in [-0.05, 0) is 12.3 Å². The van der Waals surface area contributed by atoms with Crippen LogP contribution in [-0.4, -0.2) is 6.29 Å². The van der Waals surface area contributed by atoms with Gasteiger partial charge in [0.25, 0.3) is 0 Å². The van der Waals surface area contributed by atoms with Crippen LogP contribution in [0.15, 0.2) is 0 Å². The van der Waals surface area contributed by atoms with E-state index in [4.69, 9.17) is 0 Å². The molecule has 77 valence electrons. The molecule has 0 N–H and O–H groups in total. The van der Waals surface area contributed by atoms with Gasteiger partial charge in [0.15, 0.2) is 6.29 Å². The van der Waals surface area contributed by atoms with E-state index in [0.29, 0.717) is 6.42 Å². The molecule has 13 heavy (non-hydrogen) atoms. The highest BCUT2D eigenvalue weighted by Gasteiger charge is 1.99.